The number of likely N-dealkylation sites (tertiary alicyclic amines) is 1. The van der Waals surface area contributed by atoms with Crippen LogP contribution in [0.15, 0.2) is 48.0 Å². The second-order valence-electron chi connectivity index (χ2n) is 10.6. The average Bonchev–Trinajstić information content (AvgIpc) is 3.17. The molecule has 7 heteroatoms. The molecule has 4 rings (SSSR count). The van der Waals surface area contributed by atoms with Crippen molar-refractivity contribution >= 4 is 17.4 Å². The Labute approximate surface area is 226 Å². The van der Waals surface area contributed by atoms with Gasteiger partial charge in [-0.25, -0.2) is 0 Å². The fourth-order valence-corrected chi connectivity index (χ4v) is 5.08. The van der Waals surface area contributed by atoms with Crippen molar-refractivity contribution in [2.45, 2.75) is 46.6 Å². The summed E-state index contributed by atoms with van der Waals surface area (Å²) in [4.78, 5) is 30.6. The van der Waals surface area contributed by atoms with Gasteiger partial charge in [-0.3, -0.25) is 14.5 Å². The number of morpholine rings is 1. The first kappa shape index (κ1) is 27.9. The fraction of sp³-hybridized carbons (Fsp3) is 0.484. The van der Waals surface area contributed by atoms with Crippen molar-refractivity contribution in [3.8, 4) is 5.75 Å². The lowest BCUT2D eigenvalue weighted by molar-refractivity contribution is -0.140. The molecule has 0 aliphatic carbocycles. The summed E-state index contributed by atoms with van der Waals surface area (Å²) in [5.74, 6) is -0.244. The number of aliphatic hydroxyl groups is 1. The van der Waals surface area contributed by atoms with E-state index in [0.717, 1.165) is 56.8 Å². The Kier molecular flexibility index (Phi) is 9.23. The fourth-order valence-electron chi connectivity index (χ4n) is 5.08. The van der Waals surface area contributed by atoms with Gasteiger partial charge in [0.15, 0.2) is 0 Å². The van der Waals surface area contributed by atoms with Crippen LogP contribution in [0, 0.1) is 12.8 Å². The standard InChI is InChI=1S/C31H40N2O5/c1-5-23-7-9-24(10-8-23)28-27(29(34)26-12-11-25(19-22(26)4)38-20-21(2)3)30(35)31(36)33(28)14-6-13-32-15-17-37-18-16-32/h7-12,19,21,28,34H,5-6,13-18,20H2,1-4H3/t28-/m0/s1. The molecule has 204 valence electrons. The van der Waals surface area contributed by atoms with Gasteiger partial charge < -0.3 is 19.5 Å². The third kappa shape index (κ3) is 6.27. The molecule has 2 fully saturated rings. The highest BCUT2D eigenvalue weighted by Gasteiger charge is 2.46. The van der Waals surface area contributed by atoms with Crippen LogP contribution in [0.2, 0.25) is 0 Å². The molecule has 2 aliphatic rings. The van der Waals surface area contributed by atoms with Crippen LogP contribution in [0.25, 0.3) is 5.76 Å². The van der Waals surface area contributed by atoms with Crippen LogP contribution in [0.5, 0.6) is 5.75 Å². The number of hydrogen-bond acceptors (Lipinski definition) is 6. The molecule has 0 bridgehead atoms. The molecule has 7 nitrogen and oxygen atoms in total. The highest BCUT2D eigenvalue weighted by molar-refractivity contribution is 6.46. The van der Waals surface area contributed by atoms with E-state index < -0.39 is 17.7 Å². The van der Waals surface area contributed by atoms with Gasteiger partial charge in [0.2, 0.25) is 0 Å². The zero-order chi connectivity index (χ0) is 27.2. The van der Waals surface area contributed by atoms with Crippen molar-refractivity contribution in [3.63, 3.8) is 0 Å². The molecule has 2 aromatic carbocycles. The lowest BCUT2D eigenvalue weighted by Gasteiger charge is -2.29. The van der Waals surface area contributed by atoms with E-state index in [1.807, 2.05) is 37.3 Å². The molecule has 2 aromatic rings. The van der Waals surface area contributed by atoms with Crippen LogP contribution in [-0.4, -0.2) is 72.6 Å². The Morgan fingerprint density at radius 1 is 1.08 bits per heavy atom. The second-order valence-corrected chi connectivity index (χ2v) is 10.6. The minimum Gasteiger partial charge on any atom is -0.507 e. The molecule has 1 N–H and O–H groups in total. The maximum Gasteiger partial charge on any atom is 0.295 e. The summed E-state index contributed by atoms with van der Waals surface area (Å²) in [5.41, 5.74) is 3.45. The van der Waals surface area contributed by atoms with Crippen molar-refractivity contribution in [3.05, 3.63) is 70.3 Å². The summed E-state index contributed by atoms with van der Waals surface area (Å²) in [6.45, 7) is 13.2. The molecule has 2 heterocycles. The number of ketones is 1. The SMILES string of the molecule is CCc1ccc([C@H]2C(=C(O)c3ccc(OCC(C)C)cc3C)C(=O)C(=O)N2CCCN2CCOCC2)cc1. The number of hydrogen-bond donors (Lipinski definition) is 1. The molecule has 0 saturated carbocycles. The van der Waals surface area contributed by atoms with Gasteiger partial charge in [0.1, 0.15) is 11.5 Å². The summed E-state index contributed by atoms with van der Waals surface area (Å²) < 4.78 is 11.3. The number of ether oxygens (including phenoxy) is 2. The zero-order valence-electron chi connectivity index (χ0n) is 23.0. The molecule has 1 atom stereocenters. The van der Waals surface area contributed by atoms with Crippen LogP contribution in [0.3, 0.4) is 0 Å². The molecule has 0 aromatic heterocycles. The first-order valence-corrected chi connectivity index (χ1v) is 13.7. The van der Waals surface area contributed by atoms with E-state index in [1.165, 1.54) is 5.56 Å². The highest BCUT2D eigenvalue weighted by Crippen LogP contribution is 2.40. The summed E-state index contributed by atoms with van der Waals surface area (Å²) in [5, 5.41) is 11.5. The lowest BCUT2D eigenvalue weighted by atomic mass is 9.93. The Bertz CT molecular complexity index is 1170. The molecular formula is C31H40N2O5. The minimum atomic E-state index is -0.641. The van der Waals surface area contributed by atoms with Crippen LogP contribution in [0.1, 0.15) is 55.5 Å². The second kappa shape index (κ2) is 12.6. The average molecular weight is 521 g/mol. The molecule has 38 heavy (non-hydrogen) atoms. The Balaban J connectivity index is 1.66. The lowest BCUT2D eigenvalue weighted by Crippen LogP contribution is -2.38. The Morgan fingerprint density at radius 3 is 2.42 bits per heavy atom. The van der Waals surface area contributed by atoms with Crippen LogP contribution in [-0.2, 0) is 20.7 Å². The number of benzene rings is 2. The van der Waals surface area contributed by atoms with Gasteiger partial charge >= 0.3 is 0 Å². The number of nitrogens with zero attached hydrogens (tertiary/aromatic N) is 2. The van der Waals surface area contributed by atoms with Gasteiger partial charge in [-0.1, -0.05) is 45.0 Å². The Hall–Kier alpha value is -3.16. The van der Waals surface area contributed by atoms with Gasteiger partial charge in [-0.2, -0.15) is 0 Å². The number of carbonyl (C=O) groups is 2. The van der Waals surface area contributed by atoms with Gasteiger partial charge in [-0.05, 0) is 60.6 Å². The van der Waals surface area contributed by atoms with Gasteiger partial charge in [0, 0.05) is 31.7 Å². The van der Waals surface area contributed by atoms with Crippen molar-refractivity contribution in [1.29, 1.82) is 0 Å². The van der Waals surface area contributed by atoms with Crippen LogP contribution >= 0.6 is 0 Å². The van der Waals surface area contributed by atoms with Crippen molar-refractivity contribution in [2.24, 2.45) is 5.92 Å². The third-order valence-corrected chi connectivity index (χ3v) is 7.26. The van der Waals surface area contributed by atoms with E-state index in [4.69, 9.17) is 9.47 Å². The van der Waals surface area contributed by atoms with E-state index in [2.05, 4.69) is 25.7 Å². The molecular weight excluding hydrogens is 480 g/mol. The summed E-state index contributed by atoms with van der Waals surface area (Å²) >= 11 is 0. The van der Waals surface area contributed by atoms with Gasteiger partial charge in [-0.15, -0.1) is 0 Å². The van der Waals surface area contributed by atoms with Crippen LogP contribution in [0.4, 0.5) is 0 Å². The largest absolute Gasteiger partial charge is 0.507 e. The van der Waals surface area contributed by atoms with E-state index >= 15 is 0 Å². The zero-order valence-corrected chi connectivity index (χ0v) is 23.0. The first-order valence-electron chi connectivity index (χ1n) is 13.7. The number of carbonyl (C=O) groups excluding carboxylic acids is 2. The summed E-state index contributed by atoms with van der Waals surface area (Å²) in [6, 6.07) is 12.8. The number of aliphatic hydroxyl groups excluding tert-OH is 1. The van der Waals surface area contributed by atoms with E-state index in [0.29, 0.717) is 30.4 Å². The topological polar surface area (TPSA) is 79.3 Å². The number of Topliss-reactive ketones (excluding diaryl/α,β-unsaturated/α-hetero) is 1. The van der Waals surface area contributed by atoms with E-state index in [9.17, 15) is 14.7 Å². The third-order valence-electron chi connectivity index (χ3n) is 7.26. The molecule has 2 saturated heterocycles. The summed E-state index contributed by atoms with van der Waals surface area (Å²) in [7, 11) is 0. The van der Waals surface area contributed by atoms with Gasteiger partial charge in [0.05, 0.1) is 31.4 Å². The smallest absolute Gasteiger partial charge is 0.295 e. The number of rotatable bonds is 10. The van der Waals surface area contributed by atoms with E-state index in [-0.39, 0.29) is 11.3 Å². The van der Waals surface area contributed by atoms with Crippen LogP contribution < -0.4 is 4.74 Å². The molecule has 1 amide bonds. The Morgan fingerprint density at radius 2 is 1.79 bits per heavy atom. The maximum absolute atomic E-state index is 13.4. The molecule has 0 spiro atoms. The normalized spacial score (nSPS) is 19.9. The van der Waals surface area contributed by atoms with Crippen molar-refractivity contribution in [1.82, 2.24) is 9.80 Å². The predicted octanol–water partition coefficient (Wildman–Crippen LogP) is 4.74. The summed E-state index contributed by atoms with van der Waals surface area (Å²) in [6.07, 6.45) is 1.63. The highest BCUT2D eigenvalue weighted by atomic mass is 16.5. The molecule has 2 aliphatic heterocycles. The monoisotopic (exact) mass is 520 g/mol. The van der Waals surface area contributed by atoms with Crippen molar-refractivity contribution < 1.29 is 24.2 Å². The quantitative estimate of drug-likeness (QED) is 0.277. The maximum atomic E-state index is 13.4. The first-order chi connectivity index (χ1) is 18.3. The molecule has 0 radical (unpaired) electrons. The van der Waals surface area contributed by atoms with E-state index in [1.54, 1.807) is 17.0 Å². The van der Waals surface area contributed by atoms with Crippen molar-refractivity contribution in [2.75, 3.05) is 46.0 Å². The predicted molar refractivity (Wildman–Crippen MR) is 148 cm³/mol. The molecule has 0 unspecified atom stereocenters. The van der Waals surface area contributed by atoms with Gasteiger partial charge in [0.25, 0.3) is 11.7 Å². The minimum absolute atomic E-state index is 0.142. The number of aryl methyl sites for hydroxylation is 2. The number of amides is 1.